The summed E-state index contributed by atoms with van der Waals surface area (Å²) in [6.45, 7) is 4.24. The summed E-state index contributed by atoms with van der Waals surface area (Å²) in [7, 11) is 0. The summed E-state index contributed by atoms with van der Waals surface area (Å²) in [5.74, 6) is 1.13. The summed E-state index contributed by atoms with van der Waals surface area (Å²) in [4.78, 5) is 12.2. The van der Waals surface area contributed by atoms with E-state index in [1.54, 1.807) is 42.7 Å². The van der Waals surface area contributed by atoms with Gasteiger partial charge in [0.1, 0.15) is 0 Å². The highest BCUT2D eigenvalue weighted by Crippen LogP contribution is 2.25. The number of nitrogens with one attached hydrogen (secondary N) is 1. The Morgan fingerprint density at radius 1 is 1.31 bits per heavy atom. The minimum absolute atomic E-state index is 0.150. The Labute approximate surface area is 164 Å². The van der Waals surface area contributed by atoms with Gasteiger partial charge in [0.05, 0.1) is 12.0 Å². The number of amides is 1. The van der Waals surface area contributed by atoms with Crippen molar-refractivity contribution in [3.8, 4) is 11.6 Å². The third-order valence-corrected chi connectivity index (χ3v) is 4.65. The van der Waals surface area contributed by atoms with Crippen LogP contribution in [0.15, 0.2) is 58.8 Å². The molecule has 3 aromatic rings. The van der Waals surface area contributed by atoms with Gasteiger partial charge in [-0.1, -0.05) is 41.0 Å². The molecule has 0 spiro atoms. The average molecular weight is 409 g/mol. The summed E-state index contributed by atoms with van der Waals surface area (Å²) < 4.78 is 7.21. The molecule has 1 N–H and O–H groups in total. The van der Waals surface area contributed by atoms with Crippen LogP contribution in [0.4, 0.5) is 5.69 Å². The molecule has 0 radical (unpaired) electrons. The smallest absolute Gasteiger partial charge is 0.234 e. The van der Waals surface area contributed by atoms with Gasteiger partial charge in [-0.2, -0.15) is 0 Å². The van der Waals surface area contributed by atoms with Crippen molar-refractivity contribution in [1.29, 1.82) is 0 Å². The van der Waals surface area contributed by atoms with Crippen LogP contribution in [0.5, 0.6) is 0 Å². The number of halogens is 2. The molecular weight excluding hydrogens is 395 g/mol. The molecule has 2 heterocycles. The molecule has 6 nitrogen and oxygen atoms in total. The van der Waals surface area contributed by atoms with Gasteiger partial charge in [-0.25, -0.2) is 0 Å². The molecule has 2 aromatic heterocycles. The van der Waals surface area contributed by atoms with Gasteiger partial charge in [-0.05, 0) is 30.3 Å². The number of allylic oxidation sites excluding steroid dienone is 1. The van der Waals surface area contributed by atoms with E-state index in [1.807, 2.05) is 4.57 Å². The minimum Gasteiger partial charge on any atom is -0.461 e. The van der Waals surface area contributed by atoms with Crippen LogP contribution in [0.25, 0.3) is 11.6 Å². The third-order valence-electron chi connectivity index (χ3n) is 3.25. The second kappa shape index (κ2) is 8.44. The van der Waals surface area contributed by atoms with E-state index < -0.39 is 0 Å². The number of carbonyl (C=O) groups excluding carboxylic acids is 1. The number of furan rings is 1. The van der Waals surface area contributed by atoms with E-state index in [-0.39, 0.29) is 11.7 Å². The zero-order valence-electron chi connectivity index (χ0n) is 13.5. The van der Waals surface area contributed by atoms with Gasteiger partial charge in [-0.3, -0.25) is 9.36 Å². The van der Waals surface area contributed by atoms with Crippen LogP contribution < -0.4 is 5.32 Å². The molecule has 0 bridgehead atoms. The van der Waals surface area contributed by atoms with Crippen molar-refractivity contribution in [3.05, 3.63) is 59.3 Å². The predicted molar refractivity (Wildman–Crippen MR) is 104 cm³/mol. The highest BCUT2D eigenvalue weighted by atomic mass is 35.5. The lowest BCUT2D eigenvalue weighted by Gasteiger charge is -2.08. The van der Waals surface area contributed by atoms with Crippen molar-refractivity contribution in [2.45, 2.75) is 11.7 Å². The zero-order valence-corrected chi connectivity index (χ0v) is 15.8. The average Bonchev–Trinajstić information content (AvgIpc) is 3.22. The van der Waals surface area contributed by atoms with E-state index in [4.69, 9.17) is 27.6 Å². The first-order valence-corrected chi connectivity index (χ1v) is 9.27. The molecule has 0 aliphatic carbocycles. The number of anilines is 1. The molecule has 0 aliphatic rings. The minimum atomic E-state index is -0.207. The molecule has 0 unspecified atom stereocenters. The number of carbonyl (C=O) groups is 1. The molecule has 134 valence electrons. The fraction of sp³-hybridized carbons (Fsp3) is 0.118. The fourth-order valence-corrected chi connectivity index (χ4v) is 3.50. The zero-order chi connectivity index (χ0) is 18.5. The Bertz CT molecular complexity index is 905. The third kappa shape index (κ3) is 4.49. The molecular formula is C17H14Cl2N4O2S. The van der Waals surface area contributed by atoms with Crippen LogP contribution in [0, 0.1) is 0 Å². The van der Waals surface area contributed by atoms with Gasteiger partial charge in [0, 0.05) is 22.3 Å². The maximum Gasteiger partial charge on any atom is 0.234 e. The SMILES string of the molecule is C=CCn1c(SCC(=O)Nc2cc(Cl)cc(Cl)c2)nnc1-c1ccco1. The molecule has 3 rings (SSSR count). The van der Waals surface area contributed by atoms with Crippen LogP contribution in [-0.2, 0) is 11.3 Å². The molecule has 0 saturated heterocycles. The van der Waals surface area contributed by atoms with Crippen LogP contribution >= 0.6 is 35.0 Å². The second-order valence-electron chi connectivity index (χ2n) is 5.18. The normalized spacial score (nSPS) is 10.7. The van der Waals surface area contributed by atoms with Crippen molar-refractivity contribution in [1.82, 2.24) is 14.8 Å². The van der Waals surface area contributed by atoms with Crippen molar-refractivity contribution >= 4 is 46.6 Å². The van der Waals surface area contributed by atoms with Gasteiger partial charge < -0.3 is 9.73 Å². The highest BCUT2D eigenvalue weighted by Gasteiger charge is 2.16. The fourth-order valence-electron chi connectivity index (χ4n) is 2.23. The molecule has 1 aromatic carbocycles. The van der Waals surface area contributed by atoms with Crippen molar-refractivity contribution < 1.29 is 9.21 Å². The highest BCUT2D eigenvalue weighted by molar-refractivity contribution is 7.99. The summed E-state index contributed by atoms with van der Waals surface area (Å²) in [5, 5.41) is 12.5. The lowest BCUT2D eigenvalue weighted by atomic mass is 10.3. The van der Waals surface area contributed by atoms with Crippen molar-refractivity contribution in [3.63, 3.8) is 0 Å². The first-order chi connectivity index (χ1) is 12.6. The van der Waals surface area contributed by atoms with Gasteiger partial charge in [-0.15, -0.1) is 16.8 Å². The number of nitrogens with zero attached hydrogens (tertiary/aromatic N) is 3. The molecule has 1 amide bonds. The van der Waals surface area contributed by atoms with E-state index in [0.717, 1.165) is 0 Å². The maximum absolute atomic E-state index is 12.2. The quantitative estimate of drug-likeness (QED) is 0.450. The predicted octanol–water partition coefficient (Wildman–Crippen LogP) is 4.76. The molecule has 9 heteroatoms. The Kier molecular flexibility index (Phi) is 6.03. The van der Waals surface area contributed by atoms with E-state index >= 15 is 0 Å². The first-order valence-electron chi connectivity index (χ1n) is 7.53. The van der Waals surface area contributed by atoms with Crippen LogP contribution in [0.3, 0.4) is 0 Å². The molecule has 0 fully saturated rings. The van der Waals surface area contributed by atoms with E-state index in [9.17, 15) is 4.79 Å². The molecule has 0 saturated carbocycles. The standard InChI is InChI=1S/C17H14Cl2N4O2S/c1-2-5-23-16(14-4-3-6-25-14)21-22-17(23)26-10-15(24)20-13-8-11(18)7-12(19)9-13/h2-4,6-9H,1,5,10H2,(H,20,24). The largest absolute Gasteiger partial charge is 0.461 e. The van der Waals surface area contributed by atoms with Crippen LogP contribution in [-0.4, -0.2) is 26.4 Å². The van der Waals surface area contributed by atoms with Gasteiger partial charge >= 0.3 is 0 Å². The lowest BCUT2D eigenvalue weighted by molar-refractivity contribution is -0.113. The molecule has 0 atom stereocenters. The van der Waals surface area contributed by atoms with Gasteiger partial charge in [0.25, 0.3) is 0 Å². The number of aromatic nitrogens is 3. The van der Waals surface area contributed by atoms with E-state index in [1.165, 1.54) is 11.8 Å². The number of benzene rings is 1. The Morgan fingerprint density at radius 2 is 2.08 bits per heavy atom. The number of hydrogen-bond acceptors (Lipinski definition) is 5. The monoisotopic (exact) mass is 408 g/mol. The Hall–Kier alpha value is -2.22. The number of thioether (sulfide) groups is 1. The summed E-state index contributed by atoms with van der Waals surface area (Å²) in [6, 6.07) is 8.43. The van der Waals surface area contributed by atoms with Crippen LogP contribution in [0.2, 0.25) is 10.0 Å². The summed E-state index contributed by atoms with van der Waals surface area (Å²) >= 11 is 13.1. The van der Waals surface area contributed by atoms with Crippen molar-refractivity contribution in [2.24, 2.45) is 0 Å². The summed E-state index contributed by atoms with van der Waals surface area (Å²) in [5.41, 5.74) is 0.539. The van der Waals surface area contributed by atoms with Crippen LogP contribution in [0.1, 0.15) is 0 Å². The number of rotatable bonds is 7. The Balaban J connectivity index is 1.69. The maximum atomic E-state index is 12.2. The topological polar surface area (TPSA) is 73.0 Å². The van der Waals surface area contributed by atoms with Gasteiger partial charge in [0.2, 0.25) is 11.7 Å². The molecule has 0 aliphatic heterocycles. The summed E-state index contributed by atoms with van der Waals surface area (Å²) in [6.07, 6.45) is 3.30. The van der Waals surface area contributed by atoms with E-state index in [2.05, 4.69) is 22.1 Å². The second-order valence-corrected chi connectivity index (χ2v) is 6.99. The first kappa shape index (κ1) is 18.6. The van der Waals surface area contributed by atoms with Crippen molar-refractivity contribution in [2.75, 3.05) is 11.1 Å². The number of hydrogen-bond donors (Lipinski definition) is 1. The Morgan fingerprint density at radius 3 is 2.73 bits per heavy atom. The lowest BCUT2D eigenvalue weighted by Crippen LogP contribution is -2.14. The van der Waals surface area contributed by atoms with E-state index in [0.29, 0.717) is 39.0 Å². The van der Waals surface area contributed by atoms with Gasteiger partial charge in [0.15, 0.2) is 10.9 Å². The molecule has 26 heavy (non-hydrogen) atoms.